The van der Waals surface area contributed by atoms with Crippen LogP contribution in [0.5, 0.6) is 0 Å². The molecule has 0 heterocycles. The van der Waals surface area contributed by atoms with E-state index in [1.54, 1.807) is 6.07 Å². The second-order valence-electron chi connectivity index (χ2n) is 3.10. The highest BCUT2D eigenvalue weighted by atomic mass is 16.6. The summed E-state index contributed by atoms with van der Waals surface area (Å²) >= 11 is 0. The second kappa shape index (κ2) is 3.12. The lowest BCUT2D eigenvalue weighted by atomic mass is 10.2. The van der Waals surface area contributed by atoms with Crippen molar-refractivity contribution < 1.29 is 4.92 Å². The van der Waals surface area contributed by atoms with E-state index in [0.717, 1.165) is 0 Å². The normalized spacial score (nSPS) is 11.3. The van der Waals surface area contributed by atoms with Crippen LogP contribution in [0.1, 0.15) is 0 Å². The summed E-state index contributed by atoms with van der Waals surface area (Å²) < 4.78 is -0.794. The van der Waals surface area contributed by atoms with Crippen molar-refractivity contribution in [3.05, 3.63) is 39.6 Å². The van der Waals surface area contributed by atoms with Crippen LogP contribution in [-0.2, 0) is 0 Å². The van der Waals surface area contributed by atoms with Crippen molar-refractivity contribution in [1.82, 2.24) is 4.65 Å². The molecule has 0 radical (unpaired) electrons. The molecule has 0 saturated carbocycles. The molecule has 1 aromatic carbocycles. The lowest BCUT2D eigenvalue weighted by Gasteiger charge is -2.32. The highest BCUT2D eigenvalue weighted by Crippen LogP contribution is 2.29. The molecule has 0 saturated heterocycles. The van der Waals surface area contributed by atoms with Gasteiger partial charge in [0.15, 0.2) is 0 Å². The molecule has 13 heavy (non-hydrogen) atoms. The Balaban J connectivity index is 3.28. The zero-order valence-corrected chi connectivity index (χ0v) is 7.43. The molecule has 70 valence electrons. The first-order chi connectivity index (χ1) is 5.93. The van der Waals surface area contributed by atoms with Crippen molar-refractivity contribution in [1.29, 1.82) is 0 Å². The Labute approximate surface area is 75.5 Å². The molecule has 1 aromatic rings. The van der Waals surface area contributed by atoms with Crippen LogP contribution in [0.25, 0.3) is 0 Å². The van der Waals surface area contributed by atoms with Crippen LogP contribution in [0, 0.1) is 15.3 Å². The van der Waals surface area contributed by atoms with Crippen LogP contribution >= 0.6 is 0 Å². The van der Waals surface area contributed by atoms with E-state index in [2.05, 4.69) is 0 Å². The van der Waals surface area contributed by atoms with Crippen LogP contribution in [0.15, 0.2) is 24.3 Å². The number of rotatable bonds is 2. The third kappa shape index (κ3) is 2.01. The smallest absolute Gasteiger partial charge is 0.329 e. The number of nitrogens with zero attached hydrogens (tertiary/aromatic N) is 2. The highest BCUT2D eigenvalue weighted by molar-refractivity contribution is 5.60. The maximum Gasteiger partial charge on any atom is 0.329 e. The number of nitro benzene ring substituents is 1. The van der Waals surface area contributed by atoms with Gasteiger partial charge in [-0.15, -0.1) is 0 Å². The molecule has 0 fully saturated rings. The predicted octanol–water partition coefficient (Wildman–Crippen LogP) is 1.66. The molecule has 0 amide bonds. The zero-order valence-electron chi connectivity index (χ0n) is 7.43. The van der Waals surface area contributed by atoms with Gasteiger partial charge in [-0.2, -0.15) is 0 Å². The van der Waals surface area contributed by atoms with E-state index >= 15 is 0 Å². The number of hydroxylamine groups is 2. The van der Waals surface area contributed by atoms with Gasteiger partial charge in [0.1, 0.15) is 0 Å². The molecule has 0 aromatic heterocycles. The van der Waals surface area contributed by atoms with Gasteiger partial charge >= 0.3 is 5.69 Å². The maximum absolute atomic E-state index is 11.5. The monoisotopic (exact) mass is 182 g/mol. The van der Waals surface area contributed by atoms with E-state index in [0.29, 0.717) is 0 Å². The minimum Gasteiger partial charge on any atom is -0.628 e. The lowest BCUT2D eigenvalue weighted by molar-refractivity contribution is -0.384. The molecule has 0 aliphatic rings. The Morgan fingerprint density at radius 1 is 1.31 bits per heavy atom. The van der Waals surface area contributed by atoms with Gasteiger partial charge in [0.2, 0.25) is 5.69 Å². The summed E-state index contributed by atoms with van der Waals surface area (Å²) in [6, 6.07) is 5.94. The molecule has 0 unspecified atom stereocenters. The van der Waals surface area contributed by atoms with Crippen molar-refractivity contribution in [2.45, 2.75) is 0 Å². The summed E-state index contributed by atoms with van der Waals surface area (Å²) in [7, 11) is 2.70. The average molecular weight is 182 g/mol. The van der Waals surface area contributed by atoms with Gasteiger partial charge in [0.25, 0.3) is 0 Å². The van der Waals surface area contributed by atoms with E-state index in [1.165, 1.54) is 32.3 Å². The second-order valence-corrected chi connectivity index (χ2v) is 3.10. The highest BCUT2D eigenvalue weighted by Gasteiger charge is 2.21. The summed E-state index contributed by atoms with van der Waals surface area (Å²) in [5.41, 5.74) is 0.0231. The van der Waals surface area contributed by atoms with Gasteiger partial charge in [-0.25, -0.2) is 0 Å². The zero-order chi connectivity index (χ0) is 10.1. The third-order valence-electron chi connectivity index (χ3n) is 1.66. The molecule has 5 nitrogen and oxygen atoms in total. The largest absolute Gasteiger partial charge is 0.628 e. The number of hydrogen-bond donors (Lipinski definition) is 0. The summed E-state index contributed by atoms with van der Waals surface area (Å²) in [6.45, 7) is 0. The van der Waals surface area contributed by atoms with Crippen molar-refractivity contribution in [2.75, 3.05) is 14.1 Å². The van der Waals surface area contributed by atoms with Crippen LogP contribution in [-0.4, -0.2) is 19.0 Å². The van der Waals surface area contributed by atoms with Gasteiger partial charge in [-0.1, -0.05) is 12.1 Å². The summed E-state index contributed by atoms with van der Waals surface area (Å²) in [6.07, 6.45) is 0. The molecule has 0 atom stereocenters. The molecule has 0 N–H and O–H groups in total. The lowest BCUT2D eigenvalue weighted by Crippen LogP contribution is -2.32. The number of para-hydroxylation sites is 2. The van der Waals surface area contributed by atoms with Crippen molar-refractivity contribution in [3.63, 3.8) is 0 Å². The van der Waals surface area contributed by atoms with Gasteiger partial charge in [-0.3, -0.25) is 10.1 Å². The topological polar surface area (TPSA) is 66.2 Å². The van der Waals surface area contributed by atoms with Gasteiger partial charge in [-0.05, 0) is 0 Å². The van der Waals surface area contributed by atoms with Gasteiger partial charge in [0.05, 0.1) is 19.0 Å². The fraction of sp³-hybridized carbons (Fsp3) is 0.250. The molecule has 0 bridgehead atoms. The summed E-state index contributed by atoms with van der Waals surface area (Å²) in [4.78, 5) is 9.98. The molecule has 0 aliphatic carbocycles. The number of hydrogen-bond acceptors (Lipinski definition) is 3. The van der Waals surface area contributed by atoms with Crippen molar-refractivity contribution in [2.24, 2.45) is 0 Å². The molecule has 0 aliphatic heterocycles. The van der Waals surface area contributed by atoms with Gasteiger partial charge in [0, 0.05) is 12.1 Å². The van der Waals surface area contributed by atoms with E-state index in [-0.39, 0.29) is 11.4 Å². The van der Waals surface area contributed by atoms with E-state index in [9.17, 15) is 15.3 Å². The minimum atomic E-state index is -0.794. The first-order valence-electron chi connectivity index (χ1n) is 3.72. The third-order valence-corrected chi connectivity index (χ3v) is 1.66. The number of nitro groups is 1. The fourth-order valence-corrected chi connectivity index (χ4v) is 1.07. The van der Waals surface area contributed by atoms with Crippen molar-refractivity contribution >= 4 is 11.4 Å². The molecule has 1 rings (SSSR count). The first kappa shape index (κ1) is 9.63. The molecule has 0 spiro atoms. The summed E-state index contributed by atoms with van der Waals surface area (Å²) in [5, 5.41) is 22.0. The number of quaternary nitrogens is 1. The summed E-state index contributed by atoms with van der Waals surface area (Å²) in [5.74, 6) is 0. The standard InChI is InChI=1S/C8H10N2O3/c1-10(2,13)8-6-4-3-5-7(8)9(11)12/h3-6H,1-2H3. The molecular formula is C8H10N2O3. The number of benzene rings is 1. The van der Waals surface area contributed by atoms with Crippen LogP contribution < -0.4 is 4.65 Å². The van der Waals surface area contributed by atoms with E-state index in [1.807, 2.05) is 0 Å². The van der Waals surface area contributed by atoms with Crippen LogP contribution in [0.3, 0.4) is 0 Å². The van der Waals surface area contributed by atoms with Crippen LogP contribution in [0.2, 0.25) is 0 Å². The fourth-order valence-electron chi connectivity index (χ4n) is 1.07. The van der Waals surface area contributed by atoms with Crippen LogP contribution in [0.4, 0.5) is 11.4 Å². The van der Waals surface area contributed by atoms with Crippen molar-refractivity contribution in [3.8, 4) is 0 Å². The predicted molar refractivity (Wildman–Crippen MR) is 50.1 cm³/mol. The first-order valence-corrected chi connectivity index (χ1v) is 3.72. The Bertz CT molecular complexity index is 330. The SMILES string of the molecule is C[N+](C)([O-])c1ccccc1[N+](=O)[O-]. The molecular weight excluding hydrogens is 172 g/mol. The Morgan fingerprint density at radius 2 is 1.85 bits per heavy atom. The van der Waals surface area contributed by atoms with Gasteiger partial charge < -0.3 is 9.85 Å². The van der Waals surface area contributed by atoms with E-state index in [4.69, 9.17) is 0 Å². The average Bonchev–Trinajstić information content (AvgIpc) is 2.03. The Hall–Kier alpha value is -1.46. The minimum absolute atomic E-state index is 0.137. The molecule has 5 heteroatoms. The quantitative estimate of drug-likeness (QED) is 0.397. The Kier molecular flexibility index (Phi) is 2.31. The van der Waals surface area contributed by atoms with E-state index < -0.39 is 9.57 Å². The Morgan fingerprint density at radius 3 is 2.23 bits per heavy atom. The maximum atomic E-state index is 11.5.